The van der Waals surface area contributed by atoms with E-state index in [1.54, 1.807) is 11.3 Å². The summed E-state index contributed by atoms with van der Waals surface area (Å²) in [4.78, 5) is 2.55. The van der Waals surface area contributed by atoms with Gasteiger partial charge >= 0.3 is 0 Å². The molecule has 1 saturated carbocycles. The molecule has 1 fully saturated rings. The molecule has 2 aromatic rings. The second-order valence-electron chi connectivity index (χ2n) is 6.53. The minimum Gasteiger partial charge on any atom is -0.379 e. The third-order valence-corrected chi connectivity index (χ3v) is 5.51. The number of aromatic nitrogens is 2. The van der Waals surface area contributed by atoms with Gasteiger partial charge in [-0.05, 0) is 53.1 Å². The lowest BCUT2D eigenvalue weighted by atomic mass is 9.99. The first-order valence-electron chi connectivity index (χ1n) is 8.15. The van der Waals surface area contributed by atoms with Gasteiger partial charge in [0.2, 0.25) is 0 Å². The first-order valence-corrected chi connectivity index (χ1v) is 9.09. The van der Waals surface area contributed by atoms with Gasteiger partial charge in [-0.1, -0.05) is 0 Å². The van der Waals surface area contributed by atoms with E-state index in [1.165, 1.54) is 29.7 Å². The van der Waals surface area contributed by atoms with Crippen LogP contribution in [0.5, 0.6) is 0 Å². The Morgan fingerprint density at radius 3 is 3.05 bits per heavy atom. The topological polar surface area (TPSA) is 30.3 Å². The molecule has 0 unspecified atom stereocenters. The number of rotatable bonds is 6. The van der Waals surface area contributed by atoms with E-state index < -0.39 is 0 Å². The number of thiophene rings is 1. The van der Waals surface area contributed by atoms with Crippen molar-refractivity contribution in [3.63, 3.8) is 0 Å². The van der Waals surface area contributed by atoms with Crippen molar-refractivity contribution in [2.45, 2.75) is 31.8 Å². The van der Waals surface area contributed by atoms with Gasteiger partial charge < -0.3 is 4.74 Å². The molecule has 1 aliphatic carbocycles. The lowest BCUT2D eigenvalue weighted by molar-refractivity contribution is 0.0413. The predicted molar refractivity (Wildman–Crippen MR) is 87.9 cm³/mol. The average molecular weight is 317 g/mol. The summed E-state index contributed by atoms with van der Waals surface area (Å²) in [5.74, 6) is 0.819. The van der Waals surface area contributed by atoms with Gasteiger partial charge in [0.25, 0.3) is 0 Å². The summed E-state index contributed by atoms with van der Waals surface area (Å²) in [6.07, 6.45) is 5.82. The summed E-state index contributed by atoms with van der Waals surface area (Å²) in [6, 6.07) is 2.56. The molecule has 0 saturated heterocycles. The molecule has 0 aromatic carbocycles. The van der Waals surface area contributed by atoms with Gasteiger partial charge in [-0.3, -0.25) is 9.58 Å². The molecule has 5 heteroatoms. The summed E-state index contributed by atoms with van der Waals surface area (Å²) in [7, 11) is 2.06. The molecule has 0 amide bonds. The Labute approximate surface area is 135 Å². The molecule has 0 spiro atoms. The average Bonchev–Trinajstić information content (AvgIpc) is 3.05. The largest absolute Gasteiger partial charge is 0.379 e. The van der Waals surface area contributed by atoms with Crippen LogP contribution in [0, 0.1) is 5.92 Å². The maximum absolute atomic E-state index is 6.05. The Hall–Kier alpha value is -1.17. The summed E-state index contributed by atoms with van der Waals surface area (Å²) < 4.78 is 8.09. The van der Waals surface area contributed by atoms with E-state index in [0.717, 1.165) is 38.6 Å². The second-order valence-corrected chi connectivity index (χ2v) is 7.31. The Morgan fingerprint density at radius 1 is 1.36 bits per heavy atom. The van der Waals surface area contributed by atoms with Crippen LogP contribution in [0.15, 0.2) is 23.0 Å². The minimum atomic E-state index is 0.329. The zero-order chi connectivity index (χ0) is 14.9. The number of hydrogen-bond donors (Lipinski definition) is 0. The van der Waals surface area contributed by atoms with Crippen LogP contribution in [-0.2, 0) is 24.8 Å². The van der Waals surface area contributed by atoms with E-state index in [-0.39, 0.29) is 0 Å². The van der Waals surface area contributed by atoms with E-state index in [9.17, 15) is 0 Å². The molecule has 3 heterocycles. The van der Waals surface area contributed by atoms with Crippen LogP contribution in [0.3, 0.4) is 0 Å². The summed E-state index contributed by atoms with van der Waals surface area (Å²) >= 11 is 1.77. The highest BCUT2D eigenvalue weighted by Crippen LogP contribution is 2.33. The standard InChI is InChI=1S/C17H23N3OS/c1-19-17-15(8-18-19)4-6-20(9-14-5-7-22-12-14)16(17)11-21-10-13-2-3-13/h5,7-8,12-13,16H,2-4,6,9-11H2,1H3/t16-/m1/s1. The van der Waals surface area contributed by atoms with Gasteiger partial charge in [0.05, 0.1) is 24.5 Å². The van der Waals surface area contributed by atoms with Crippen LogP contribution in [0.1, 0.15) is 35.7 Å². The van der Waals surface area contributed by atoms with E-state index in [2.05, 4.69) is 33.9 Å². The molecule has 0 N–H and O–H groups in total. The monoisotopic (exact) mass is 317 g/mol. The highest BCUT2D eigenvalue weighted by atomic mass is 32.1. The smallest absolute Gasteiger partial charge is 0.0760 e. The lowest BCUT2D eigenvalue weighted by Gasteiger charge is -2.35. The molecule has 0 radical (unpaired) electrons. The molecule has 22 heavy (non-hydrogen) atoms. The van der Waals surface area contributed by atoms with E-state index in [1.807, 2.05) is 10.9 Å². The summed E-state index contributed by atoms with van der Waals surface area (Å²) in [5.41, 5.74) is 4.14. The molecule has 1 aliphatic heterocycles. The maximum Gasteiger partial charge on any atom is 0.0760 e. The molecule has 4 rings (SSSR count). The molecule has 118 valence electrons. The Bertz CT molecular complexity index is 618. The molecule has 1 atom stereocenters. The van der Waals surface area contributed by atoms with Crippen LogP contribution in [-0.4, -0.2) is 34.4 Å². The minimum absolute atomic E-state index is 0.329. The third kappa shape index (κ3) is 2.98. The summed E-state index contributed by atoms with van der Waals surface area (Å²) in [6.45, 7) is 3.81. The predicted octanol–water partition coefficient (Wildman–Crippen LogP) is 3.01. The van der Waals surface area contributed by atoms with Crippen LogP contribution < -0.4 is 0 Å². The van der Waals surface area contributed by atoms with Crippen molar-refractivity contribution in [2.24, 2.45) is 13.0 Å². The molecular weight excluding hydrogens is 294 g/mol. The molecule has 4 nitrogen and oxygen atoms in total. The number of hydrogen-bond acceptors (Lipinski definition) is 4. The first kappa shape index (κ1) is 14.4. The Morgan fingerprint density at radius 2 is 2.27 bits per heavy atom. The number of nitrogens with zero attached hydrogens (tertiary/aromatic N) is 3. The molecule has 2 aromatic heterocycles. The third-order valence-electron chi connectivity index (χ3n) is 4.78. The van der Waals surface area contributed by atoms with Crippen molar-refractivity contribution in [2.75, 3.05) is 19.8 Å². The van der Waals surface area contributed by atoms with Crippen molar-refractivity contribution >= 4 is 11.3 Å². The van der Waals surface area contributed by atoms with Crippen molar-refractivity contribution in [1.82, 2.24) is 14.7 Å². The highest BCUT2D eigenvalue weighted by Gasteiger charge is 2.31. The maximum atomic E-state index is 6.05. The van der Waals surface area contributed by atoms with E-state index in [4.69, 9.17) is 4.74 Å². The van der Waals surface area contributed by atoms with Crippen LogP contribution in [0.25, 0.3) is 0 Å². The normalized spacial score (nSPS) is 22.0. The van der Waals surface area contributed by atoms with Gasteiger partial charge in [0.1, 0.15) is 0 Å². The molecule has 0 bridgehead atoms. The van der Waals surface area contributed by atoms with E-state index in [0.29, 0.717) is 6.04 Å². The van der Waals surface area contributed by atoms with Crippen LogP contribution in [0.2, 0.25) is 0 Å². The van der Waals surface area contributed by atoms with Crippen LogP contribution >= 0.6 is 11.3 Å². The Balaban J connectivity index is 1.52. The van der Waals surface area contributed by atoms with Crippen molar-refractivity contribution < 1.29 is 4.74 Å². The van der Waals surface area contributed by atoms with Gasteiger partial charge in [-0.2, -0.15) is 16.4 Å². The van der Waals surface area contributed by atoms with Crippen molar-refractivity contribution in [3.05, 3.63) is 39.8 Å². The van der Waals surface area contributed by atoms with Crippen LogP contribution in [0.4, 0.5) is 0 Å². The number of ether oxygens (including phenoxy) is 1. The highest BCUT2D eigenvalue weighted by molar-refractivity contribution is 7.07. The fraction of sp³-hybridized carbons (Fsp3) is 0.588. The summed E-state index contributed by atoms with van der Waals surface area (Å²) in [5, 5.41) is 8.88. The zero-order valence-electron chi connectivity index (χ0n) is 13.1. The lowest BCUT2D eigenvalue weighted by Crippen LogP contribution is -2.38. The van der Waals surface area contributed by atoms with Crippen molar-refractivity contribution in [1.29, 1.82) is 0 Å². The molecule has 2 aliphatic rings. The van der Waals surface area contributed by atoms with Gasteiger partial charge in [0.15, 0.2) is 0 Å². The van der Waals surface area contributed by atoms with Gasteiger partial charge in [-0.25, -0.2) is 0 Å². The number of aryl methyl sites for hydroxylation is 1. The molecular formula is C17H23N3OS. The second kappa shape index (κ2) is 6.14. The Kier molecular flexibility index (Phi) is 4.03. The van der Waals surface area contributed by atoms with E-state index >= 15 is 0 Å². The first-order chi connectivity index (χ1) is 10.8. The van der Waals surface area contributed by atoms with Gasteiger partial charge in [0, 0.05) is 26.7 Å². The fourth-order valence-electron chi connectivity index (χ4n) is 3.33. The van der Waals surface area contributed by atoms with Crippen molar-refractivity contribution in [3.8, 4) is 0 Å². The quantitative estimate of drug-likeness (QED) is 0.820. The number of fused-ring (bicyclic) bond motifs is 1. The zero-order valence-corrected chi connectivity index (χ0v) is 13.9. The SMILES string of the molecule is Cn1ncc2c1[C@@H](COCC1CC1)N(Cc1ccsc1)CC2. The fourth-order valence-corrected chi connectivity index (χ4v) is 3.99. The van der Waals surface area contributed by atoms with Gasteiger partial charge in [-0.15, -0.1) is 0 Å².